The lowest BCUT2D eigenvalue weighted by Gasteiger charge is -2.17. The molecule has 0 bridgehead atoms. The Kier molecular flexibility index (Phi) is 3.90. The summed E-state index contributed by atoms with van der Waals surface area (Å²) in [5.41, 5.74) is -1.90. The largest absolute Gasteiger partial charge is 0.477 e. The number of esters is 1. The molecular formula is C12H15NO5. The molecule has 6 nitrogen and oxygen atoms in total. The first kappa shape index (κ1) is 14.0. The van der Waals surface area contributed by atoms with Gasteiger partial charge in [0.2, 0.25) is 0 Å². The van der Waals surface area contributed by atoms with E-state index in [4.69, 9.17) is 9.84 Å². The third-order valence-corrected chi connectivity index (χ3v) is 2.03. The molecule has 2 N–H and O–H groups in total. The Bertz CT molecular complexity index is 524. The van der Waals surface area contributed by atoms with Crippen molar-refractivity contribution < 1.29 is 19.4 Å². The van der Waals surface area contributed by atoms with Gasteiger partial charge in [0, 0.05) is 6.20 Å². The van der Waals surface area contributed by atoms with Crippen LogP contribution in [0.3, 0.4) is 0 Å². The van der Waals surface area contributed by atoms with E-state index in [9.17, 15) is 14.4 Å². The maximum absolute atomic E-state index is 11.7. The maximum Gasteiger partial charge on any atom is 0.342 e. The van der Waals surface area contributed by atoms with Gasteiger partial charge < -0.3 is 14.8 Å². The van der Waals surface area contributed by atoms with E-state index in [-0.39, 0.29) is 17.6 Å². The molecule has 0 aromatic carbocycles. The lowest BCUT2D eigenvalue weighted by Crippen LogP contribution is -2.25. The molecule has 0 spiro atoms. The van der Waals surface area contributed by atoms with Crippen LogP contribution in [0.2, 0.25) is 0 Å². The van der Waals surface area contributed by atoms with E-state index >= 15 is 0 Å². The second-order valence-electron chi connectivity index (χ2n) is 5.04. The number of carbonyl (C=O) groups excluding carboxylic acids is 1. The van der Waals surface area contributed by atoms with Crippen molar-refractivity contribution in [2.45, 2.75) is 20.8 Å². The SMILES string of the molecule is CC(C)(C)COC(=O)c1cc[nH]c(=O)c1C(=O)O. The zero-order chi connectivity index (χ0) is 13.9. The van der Waals surface area contributed by atoms with Crippen LogP contribution in [0.15, 0.2) is 17.1 Å². The van der Waals surface area contributed by atoms with E-state index in [2.05, 4.69) is 4.98 Å². The third-order valence-electron chi connectivity index (χ3n) is 2.03. The molecule has 1 aromatic rings. The summed E-state index contributed by atoms with van der Waals surface area (Å²) in [7, 11) is 0. The maximum atomic E-state index is 11.7. The van der Waals surface area contributed by atoms with E-state index < -0.39 is 23.1 Å². The second kappa shape index (κ2) is 5.03. The van der Waals surface area contributed by atoms with Crippen LogP contribution in [0.1, 0.15) is 41.5 Å². The smallest absolute Gasteiger partial charge is 0.342 e. The summed E-state index contributed by atoms with van der Waals surface area (Å²) < 4.78 is 4.98. The zero-order valence-electron chi connectivity index (χ0n) is 10.4. The summed E-state index contributed by atoms with van der Waals surface area (Å²) in [6.07, 6.45) is 1.21. The third kappa shape index (κ3) is 3.44. The average Bonchev–Trinajstić information content (AvgIpc) is 2.24. The number of aromatic nitrogens is 1. The highest BCUT2D eigenvalue weighted by Gasteiger charge is 2.22. The second-order valence-corrected chi connectivity index (χ2v) is 5.04. The number of carboxylic acid groups (broad SMARTS) is 1. The predicted octanol–water partition coefficient (Wildman–Crippen LogP) is 1.28. The summed E-state index contributed by atoms with van der Waals surface area (Å²) in [6, 6.07) is 1.22. The number of carboxylic acids is 1. The monoisotopic (exact) mass is 253 g/mol. The first-order valence-electron chi connectivity index (χ1n) is 5.34. The molecule has 0 saturated carbocycles. The number of hydrogen-bond acceptors (Lipinski definition) is 4. The Morgan fingerprint density at radius 1 is 1.39 bits per heavy atom. The zero-order valence-corrected chi connectivity index (χ0v) is 10.4. The number of aromatic carboxylic acids is 1. The van der Waals surface area contributed by atoms with Crippen molar-refractivity contribution in [3.05, 3.63) is 33.7 Å². The van der Waals surface area contributed by atoms with Crippen molar-refractivity contribution in [1.82, 2.24) is 4.98 Å². The Balaban J connectivity index is 3.03. The summed E-state index contributed by atoms with van der Waals surface area (Å²) in [6.45, 7) is 5.75. The van der Waals surface area contributed by atoms with Crippen LogP contribution in [0, 0.1) is 5.41 Å². The van der Waals surface area contributed by atoms with Crippen molar-refractivity contribution in [2.24, 2.45) is 5.41 Å². The van der Waals surface area contributed by atoms with Gasteiger partial charge in [-0.15, -0.1) is 0 Å². The lowest BCUT2D eigenvalue weighted by molar-refractivity contribution is 0.0360. The van der Waals surface area contributed by atoms with Crippen LogP contribution in [0.4, 0.5) is 0 Å². The molecule has 6 heteroatoms. The van der Waals surface area contributed by atoms with Crippen molar-refractivity contribution in [3.8, 4) is 0 Å². The lowest BCUT2D eigenvalue weighted by atomic mass is 9.98. The van der Waals surface area contributed by atoms with Crippen LogP contribution >= 0.6 is 0 Å². The number of nitrogens with one attached hydrogen (secondary N) is 1. The van der Waals surface area contributed by atoms with Gasteiger partial charge in [0.15, 0.2) is 0 Å². The summed E-state index contributed by atoms with van der Waals surface area (Å²) in [5.74, 6) is -2.27. The molecule has 0 saturated heterocycles. The first-order chi connectivity index (χ1) is 8.22. The Labute approximate surface area is 104 Å². The van der Waals surface area contributed by atoms with Crippen molar-refractivity contribution in [2.75, 3.05) is 6.61 Å². The number of hydrogen-bond donors (Lipinski definition) is 2. The predicted molar refractivity (Wildman–Crippen MR) is 63.8 cm³/mol. The van der Waals surface area contributed by atoms with E-state index in [1.807, 2.05) is 20.8 Å². The van der Waals surface area contributed by atoms with E-state index in [1.165, 1.54) is 12.3 Å². The summed E-state index contributed by atoms with van der Waals surface area (Å²) >= 11 is 0. The van der Waals surface area contributed by atoms with Crippen LogP contribution < -0.4 is 5.56 Å². The molecule has 0 aliphatic carbocycles. The van der Waals surface area contributed by atoms with Crippen LogP contribution in [0.25, 0.3) is 0 Å². The summed E-state index contributed by atoms with van der Waals surface area (Å²) in [5, 5.41) is 8.90. The van der Waals surface area contributed by atoms with Gasteiger partial charge in [-0.25, -0.2) is 9.59 Å². The highest BCUT2D eigenvalue weighted by Crippen LogP contribution is 2.15. The Hall–Kier alpha value is -2.11. The molecule has 0 aliphatic rings. The van der Waals surface area contributed by atoms with Gasteiger partial charge in [-0.05, 0) is 11.5 Å². The molecule has 0 aliphatic heterocycles. The van der Waals surface area contributed by atoms with Gasteiger partial charge in [0.25, 0.3) is 5.56 Å². The standard InChI is InChI=1S/C12H15NO5/c1-12(2,3)6-18-11(17)7-4-5-13-9(14)8(7)10(15)16/h4-5H,6H2,1-3H3,(H,13,14)(H,15,16). The van der Waals surface area contributed by atoms with Gasteiger partial charge >= 0.3 is 11.9 Å². The molecule has 0 radical (unpaired) electrons. The van der Waals surface area contributed by atoms with E-state index in [1.54, 1.807) is 0 Å². The van der Waals surface area contributed by atoms with Crippen molar-refractivity contribution in [1.29, 1.82) is 0 Å². The van der Waals surface area contributed by atoms with Crippen LogP contribution in [-0.4, -0.2) is 28.6 Å². The minimum absolute atomic E-state index is 0.137. The Morgan fingerprint density at radius 3 is 2.50 bits per heavy atom. The number of aromatic amines is 1. The van der Waals surface area contributed by atoms with E-state index in [0.29, 0.717) is 0 Å². The average molecular weight is 253 g/mol. The molecule has 0 unspecified atom stereocenters. The van der Waals surface area contributed by atoms with Gasteiger partial charge in [0.05, 0.1) is 12.2 Å². The van der Waals surface area contributed by atoms with Gasteiger partial charge in [-0.2, -0.15) is 0 Å². The van der Waals surface area contributed by atoms with Crippen LogP contribution in [-0.2, 0) is 4.74 Å². The topological polar surface area (TPSA) is 96.5 Å². The Morgan fingerprint density at radius 2 is 2.00 bits per heavy atom. The van der Waals surface area contributed by atoms with E-state index in [0.717, 1.165) is 0 Å². The number of carbonyl (C=O) groups is 2. The van der Waals surface area contributed by atoms with Crippen molar-refractivity contribution >= 4 is 11.9 Å². The molecule has 1 rings (SSSR count). The van der Waals surface area contributed by atoms with Crippen molar-refractivity contribution in [3.63, 3.8) is 0 Å². The van der Waals surface area contributed by atoms with Gasteiger partial charge in [-0.3, -0.25) is 4.79 Å². The van der Waals surface area contributed by atoms with Crippen LogP contribution in [0.5, 0.6) is 0 Å². The van der Waals surface area contributed by atoms with Gasteiger partial charge in [-0.1, -0.05) is 20.8 Å². The molecule has 0 fully saturated rings. The fourth-order valence-corrected chi connectivity index (χ4v) is 1.22. The molecule has 18 heavy (non-hydrogen) atoms. The number of ether oxygens (including phenoxy) is 1. The molecular weight excluding hydrogens is 238 g/mol. The molecule has 1 heterocycles. The molecule has 98 valence electrons. The number of pyridine rings is 1. The molecule has 1 aromatic heterocycles. The van der Waals surface area contributed by atoms with Gasteiger partial charge in [0.1, 0.15) is 5.56 Å². The number of H-pyrrole nitrogens is 1. The minimum Gasteiger partial charge on any atom is -0.477 e. The minimum atomic E-state index is -1.46. The highest BCUT2D eigenvalue weighted by atomic mass is 16.5. The molecule has 0 atom stereocenters. The highest BCUT2D eigenvalue weighted by molar-refractivity contribution is 6.02. The summed E-state index contributed by atoms with van der Waals surface area (Å²) in [4.78, 5) is 36.2. The first-order valence-corrected chi connectivity index (χ1v) is 5.34. The number of rotatable bonds is 3. The fourth-order valence-electron chi connectivity index (χ4n) is 1.22. The molecule has 0 amide bonds. The fraction of sp³-hybridized carbons (Fsp3) is 0.417. The normalized spacial score (nSPS) is 11.1. The quantitative estimate of drug-likeness (QED) is 0.791.